The van der Waals surface area contributed by atoms with Gasteiger partial charge in [-0.15, -0.1) is 12.4 Å². The summed E-state index contributed by atoms with van der Waals surface area (Å²) in [4.78, 5) is 17.1. The summed E-state index contributed by atoms with van der Waals surface area (Å²) < 4.78 is 43.6. The molecule has 0 bridgehead atoms. The summed E-state index contributed by atoms with van der Waals surface area (Å²) in [5, 5.41) is 12.8. The average molecular weight is 392 g/mol. The third-order valence-electron chi connectivity index (χ3n) is 4.36. The molecule has 0 spiro atoms. The molecule has 1 N–H and O–H groups in total. The lowest BCUT2D eigenvalue weighted by Crippen LogP contribution is -2.26. The number of aliphatic carboxylic acids is 1. The van der Waals surface area contributed by atoms with Gasteiger partial charge < -0.3 is 9.63 Å². The second-order valence-electron chi connectivity index (χ2n) is 6.03. The molecule has 3 rings (SSSR count). The van der Waals surface area contributed by atoms with Crippen LogP contribution < -0.4 is 0 Å². The summed E-state index contributed by atoms with van der Waals surface area (Å²) in [6.45, 7) is 2.75. The lowest BCUT2D eigenvalue weighted by molar-refractivity contribution is -0.141. The molecular weight excluding hydrogens is 375 g/mol. The van der Waals surface area contributed by atoms with Crippen LogP contribution in [0.2, 0.25) is 0 Å². The van der Waals surface area contributed by atoms with E-state index in [9.17, 15) is 18.0 Å². The average Bonchev–Trinajstić information content (AvgIpc) is 3.23. The summed E-state index contributed by atoms with van der Waals surface area (Å²) in [5.74, 6) is -0.960. The third kappa shape index (κ3) is 4.16. The molecule has 0 radical (unpaired) electrons. The lowest BCUT2D eigenvalue weighted by atomic mass is 10.1. The van der Waals surface area contributed by atoms with E-state index in [0.717, 1.165) is 12.1 Å². The van der Waals surface area contributed by atoms with Crippen molar-refractivity contribution >= 4 is 18.4 Å². The molecule has 26 heavy (non-hydrogen) atoms. The van der Waals surface area contributed by atoms with E-state index in [2.05, 4.69) is 10.1 Å². The first-order chi connectivity index (χ1) is 11.8. The van der Waals surface area contributed by atoms with Gasteiger partial charge in [-0.1, -0.05) is 17.3 Å². The second-order valence-corrected chi connectivity index (χ2v) is 6.03. The van der Waals surface area contributed by atoms with Crippen molar-refractivity contribution in [1.29, 1.82) is 0 Å². The van der Waals surface area contributed by atoms with Crippen LogP contribution >= 0.6 is 12.4 Å². The Morgan fingerprint density at radius 1 is 1.42 bits per heavy atom. The molecular formula is C16H17ClF3N3O3. The highest BCUT2D eigenvalue weighted by atomic mass is 35.5. The lowest BCUT2D eigenvalue weighted by Gasteiger charge is -2.20. The first-order valence-corrected chi connectivity index (χ1v) is 7.74. The van der Waals surface area contributed by atoms with E-state index in [-0.39, 0.29) is 35.7 Å². The number of aromatic nitrogens is 2. The number of carboxylic acids is 1. The molecule has 2 heterocycles. The Kier molecular flexibility index (Phi) is 5.92. The number of alkyl halides is 3. The van der Waals surface area contributed by atoms with Crippen LogP contribution in [0.25, 0.3) is 11.4 Å². The zero-order valence-electron chi connectivity index (χ0n) is 13.7. The van der Waals surface area contributed by atoms with E-state index in [1.807, 2.05) is 4.90 Å². The molecule has 1 aromatic heterocycles. The number of nitrogens with zero attached hydrogens (tertiary/aromatic N) is 3. The van der Waals surface area contributed by atoms with Crippen molar-refractivity contribution in [3.63, 3.8) is 0 Å². The molecule has 0 aliphatic carbocycles. The maximum Gasteiger partial charge on any atom is 0.416 e. The summed E-state index contributed by atoms with van der Waals surface area (Å²) in [5.41, 5.74) is -0.574. The molecule has 0 amide bonds. The van der Waals surface area contributed by atoms with Gasteiger partial charge in [-0.05, 0) is 32.0 Å². The van der Waals surface area contributed by atoms with Crippen LogP contribution in [0.5, 0.6) is 0 Å². The van der Waals surface area contributed by atoms with Crippen LogP contribution in [0, 0.1) is 5.92 Å². The van der Waals surface area contributed by atoms with Crippen LogP contribution in [-0.4, -0.2) is 39.2 Å². The second kappa shape index (κ2) is 7.63. The molecule has 2 atom stereocenters. The highest BCUT2D eigenvalue weighted by Crippen LogP contribution is 2.32. The van der Waals surface area contributed by atoms with Crippen molar-refractivity contribution in [1.82, 2.24) is 15.0 Å². The van der Waals surface area contributed by atoms with Gasteiger partial charge in [-0.3, -0.25) is 9.69 Å². The minimum atomic E-state index is -4.45. The molecule has 2 aromatic rings. The molecule has 10 heteroatoms. The Hall–Kier alpha value is -2.13. The fourth-order valence-corrected chi connectivity index (χ4v) is 2.85. The Bertz CT molecular complexity index is 781. The summed E-state index contributed by atoms with van der Waals surface area (Å²) in [7, 11) is 0. The molecule has 1 saturated heterocycles. The molecule has 1 aromatic carbocycles. The maximum atomic E-state index is 12.8. The van der Waals surface area contributed by atoms with Crippen LogP contribution in [0.1, 0.15) is 30.8 Å². The van der Waals surface area contributed by atoms with Crippen molar-refractivity contribution in [3.8, 4) is 11.4 Å². The fraction of sp³-hybridized carbons (Fsp3) is 0.438. The highest BCUT2D eigenvalue weighted by Gasteiger charge is 2.34. The van der Waals surface area contributed by atoms with Gasteiger partial charge in [0.05, 0.1) is 17.5 Å². The Morgan fingerprint density at radius 2 is 2.15 bits per heavy atom. The molecule has 1 aliphatic rings. The van der Waals surface area contributed by atoms with Gasteiger partial charge in [0, 0.05) is 12.1 Å². The van der Waals surface area contributed by atoms with E-state index in [4.69, 9.17) is 9.63 Å². The first kappa shape index (κ1) is 20.2. The van der Waals surface area contributed by atoms with E-state index in [1.54, 1.807) is 6.92 Å². The number of carbonyl (C=O) groups is 1. The molecule has 1 fully saturated rings. The van der Waals surface area contributed by atoms with Gasteiger partial charge in [-0.25, -0.2) is 0 Å². The Labute approximate surface area is 153 Å². The Morgan fingerprint density at radius 3 is 2.77 bits per heavy atom. The normalized spacial score (nSPS) is 19.2. The van der Waals surface area contributed by atoms with Crippen molar-refractivity contribution in [3.05, 3.63) is 35.7 Å². The molecule has 6 nitrogen and oxygen atoms in total. The molecule has 0 saturated carbocycles. The van der Waals surface area contributed by atoms with Gasteiger partial charge in [0.15, 0.2) is 0 Å². The van der Waals surface area contributed by atoms with E-state index in [0.29, 0.717) is 19.5 Å². The quantitative estimate of drug-likeness (QED) is 0.857. The summed E-state index contributed by atoms with van der Waals surface area (Å²) in [6.07, 6.45) is -3.91. The molecule has 1 aliphatic heterocycles. The third-order valence-corrected chi connectivity index (χ3v) is 4.36. The number of halogens is 4. The monoisotopic (exact) mass is 391 g/mol. The van der Waals surface area contributed by atoms with Crippen LogP contribution in [-0.2, 0) is 11.0 Å². The number of hydrogen-bond donors (Lipinski definition) is 1. The van der Waals surface area contributed by atoms with Crippen LogP contribution in [0.4, 0.5) is 13.2 Å². The van der Waals surface area contributed by atoms with Gasteiger partial charge in [0.2, 0.25) is 11.7 Å². The first-order valence-electron chi connectivity index (χ1n) is 7.74. The predicted octanol–water partition coefficient (Wildman–Crippen LogP) is 3.64. The van der Waals surface area contributed by atoms with Crippen molar-refractivity contribution in [2.75, 3.05) is 13.1 Å². The topological polar surface area (TPSA) is 79.5 Å². The predicted molar refractivity (Wildman–Crippen MR) is 87.7 cm³/mol. The Balaban J connectivity index is 0.00000243. The van der Waals surface area contributed by atoms with E-state index < -0.39 is 23.6 Å². The minimum absolute atomic E-state index is 0. The van der Waals surface area contributed by atoms with Crippen LogP contribution in [0.3, 0.4) is 0 Å². The standard InChI is InChI=1S/C16H16F3N3O3.ClH/c1-9(22-6-5-11(8-22)15(23)24)14-20-13(21-25-14)10-3-2-4-12(7-10)16(17,18)19;/h2-4,7,9,11H,5-6,8H2,1H3,(H,23,24);1H. The minimum Gasteiger partial charge on any atom is -0.481 e. The highest BCUT2D eigenvalue weighted by molar-refractivity contribution is 5.85. The van der Waals surface area contributed by atoms with Crippen molar-refractivity contribution in [2.45, 2.75) is 25.6 Å². The SMILES string of the molecule is CC(c1nc(-c2cccc(C(F)(F)F)c2)no1)N1CCC(C(=O)O)C1.Cl. The van der Waals surface area contributed by atoms with Gasteiger partial charge >= 0.3 is 12.1 Å². The smallest absolute Gasteiger partial charge is 0.416 e. The summed E-state index contributed by atoms with van der Waals surface area (Å²) in [6, 6.07) is 4.40. The number of rotatable bonds is 4. The summed E-state index contributed by atoms with van der Waals surface area (Å²) >= 11 is 0. The number of benzene rings is 1. The number of carboxylic acid groups (broad SMARTS) is 1. The largest absolute Gasteiger partial charge is 0.481 e. The molecule has 2 unspecified atom stereocenters. The zero-order chi connectivity index (χ0) is 18.2. The van der Waals surface area contributed by atoms with E-state index in [1.165, 1.54) is 12.1 Å². The van der Waals surface area contributed by atoms with Gasteiger partial charge in [0.25, 0.3) is 0 Å². The zero-order valence-corrected chi connectivity index (χ0v) is 14.5. The van der Waals surface area contributed by atoms with Crippen LogP contribution in [0.15, 0.2) is 28.8 Å². The van der Waals surface area contributed by atoms with Gasteiger partial charge in [0.1, 0.15) is 0 Å². The van der Waals surface area contributed by atoms with Crippen molar-refractivity contribution in [2.24, 2.45) is 5.92 Å². The maximum absolute atomic E-state index is 12.8. The van der Waals surface area contributed by atoms with Crippen molar-refractivity contribution < 1.29 is 27.6 Å². The fourth-order valence-electron chi connectivity index (χ4n) is 2.85. The number of hydrogen-bond acceptors (Lipinski definition) is 5. The van der Waals surface area contributed by atoms with Gasteiger partial charge in [-0.2, -0.15) is 18.2 Å². The van der Waals surface area contributed by atoms with E-state index >= 15 is 0 Å². The molecule has 142 valence electrons. The number of likely N-dealkylation sites (tertiary alicyclic amines) is 1.